The van der Waals surface area contributed by atoms with Crippen molar-refractivity contribution in [3.05, 3.63) is 35.3 Å². The standard InChI is InChI=1S/C11H12N2.C2H6/c1-7-4-10-9(3)12-6-13-11(10)5-8(7)2;1-2/h4-6H,1-3H3;1-2H3. The van der Waals surface area contributed by atoms with Gasteiger partial charge in [0.25, 0.3) is 0 Å². The van der Waals surface area contributed by atoms with Gasteiger partial charge in [-0.05, 0) is 44.0 Å². The molecule has 2 nitrogen and oxygen atoms in total. The van der Waals surface area contributed by atoms with Gasteiger partial charge in [0.05, 0.1) is 5.52 Å². The van der Waals surface area contributed by atoms with Crippen molar-refractivity contribution in [1.29, 1.82) is 0 Å². The highest BCUT2D eigenvalue weighted by Gasteiger charge is 2.01. The fourth-order valence-corrected chi connectivity index (χ4v) is 1.44. The lowest BCUT2D eigenvalue weighted by molar-refractivity contribution is 1.15. The molecule has 0 saturated carbocycles. The lowest BCUT2D eigenvalue weighted by Crippen LogP contribution is -1.89. The fourth-order valence-electron chi connectivity index (χ4n) is 1.44. The van der Waals surface area contributed by atoms with Gasteiger partial charge in [0.15, 0.2) is 0 Å². The van der Waals surface area contributed by atoms with E-state index in [1.54, 1.807) is 6.33 Å². The Balaban J connectivity index is 0.000000531. The lowest BCUT2D eigenvalue weighted by atomic mass is 10.1. The molecular weight excluding hydrogens is 184 g/mol. The van der Waals surface area contributed by atoms with Gasteiger partial charge in [0.1, 0.15) is 6.33 Å². The molecule has 2 rings (SSSR count). The number of nitrogens with zero attached hydrogens (tertiary/aromatic N) is 2. The summed E-state index contributed by atoms with van der Waals surface area (Å²) in [7, 11) is 0. The third-order valence-corrected chi connectivity index (χ3v) is 2.45. The van der Waals surface area contributed by atoms with Crippen LogP contribution in [0.15, 0.2) is 18.5 Å². The Morgan fingerprint density at radius 1 is 0.867 bits per heavy atom. The maximum atomic E-state index is 4.23. The molecule has 0 aliphatic heterocycles. The summed E-state index contributed by atoms with van der Waals surface area (Å²) < 4.78 is 0. The third-order valence-electron chi connectivity index (χ3n) is 2.45. The normalized spacial score (nSPS) is 9.67. The summed E-state index contributed by atoms with van der Waals surface area (Å²) in [6.07, 6.45) is 1.62. The minimum atomic E-state index is 1.04. The second kappa shape index (κ2) is 4.87. The van der Waals surface area contributed by atoms with E-state index in [4.69, 9.17) is 0 Å². The van der Waals surface area contributed by atoms with Crippen LogP contribution in [0, 0.1) is 20.8 Å². The van der Waals surface area contributed by atoms with E-state index in [1.165, 1.54) is 11.1 Å². The number of hydrogen-bond donors (Lipinski definition) is 0. The maximum Gasteiger partial charge on any atom is 0.116 e. The van der Waals surface area contributed by atoms with Crippen LogP contribution >= 0.6 is 0 Å². The predicted molar refractivity (Wildman–Crippen MR) is 65.1 cm³/mol. The van der Waals surface area contributed by atoms with Gasteiger partial charge in [-0.1, -0.05) is 13.8 Å². The molecule has 0 spiro atoms. The molecule has 2 heteroatoms. The van der Waals surface area contributed by atoms with Crippen LogP contribution in [-0.4, -0.2) is 9.97 Å². The van der Waals surface area contributed by atoms with Gasteiger partial charge in [0, 0.05) is 11.1 Å². The van der Waals surface area contributed by atoms with E-state index in [1.807, 2.05) is 20.8 Å². The minimum absolute atomic E-state index is 1.04. The Morgan fingerprint density at radius 3 is 2.13 bits per heavy atom. The smallest absolute Gasteiger partial charge is 0.116 e. The molecule has 0 amide bonds. The predicted octanol–water partition coefficient (Wildman–Crippen LogP) is 3.58. The SMILES string of the molecule is CC.Cc1cc2ncnc(C)c2cc1C. The Hall–Kier alpha value is -1.44. The molecule has 1 heterocycles. The molecule has 2 aromatic rings. The van der Waals surface area contributed by atoms with E-state index >= 15 is 0 Å². The molecule has 0 aliphatic carbocycles. The van der Waals surface area contributed by atoms with Crippen molar-refractivity contribution in [2.75, 3.05) is 0 Å². The molecule has 1 aromatic carbocycles. The average Bonchev–Trinajstić information content (AvgIpc) is 2.24. The molecule has 80 valence electrons. The van der Waals surface area contributed by atoms with Gasteiger partial charge in [0.2, 0.25) is 0 Å². The van der Waals surface area contributed by atoms with Crippen LogP contribution in [0.1, 0.15) is 30.7 Å². The summed E-state index contributed by atoms with van der Waals surface area (Å²) in [4.78, 5) is 8.40. The number of aromatic nitrogens is 2. The summed E-state index contributed by atoms with van der Waals surface area (Å²) >= 11 is 0. The van der Waals surface area contributed by atoms with Gasteiger partial charge >= 0.3 is 0 Å². The van der Waals surface area contributed by atoms with E-state index in [0.717, 1.165) is 16.6 Å². The van der Waals surface area contributed by atoms with Gasteiger partial charge in [-0.3, -0.25) is 0 Å². The van der Waals surface area contributed by atoms with Crippen LogP contribution in [0.5, 0.6) is 0 Å². The van der Waals surface area contributed by atoms with Crippen molar-refractivity contribution in [1.82, 2.24) is 9.97 Å². The van der Waals surface area contributed by atoms with Gasteiger partial charge in [-0.15, -0.1) is 0 Å². The zero-order chi connectivity index (χ0) is 11.4. The molecule has 0 N–H and O–H groups in total. The second-order valence-corrected chi connectivity index (χ2v) is 3.41. The van der Waals surface area contributed by atoms with E-state index in [0.29, 0.717) is 0 Å². The number of benzene rings is 1. The van der Waals surface area contributed by atoms with E-state index in [-0.39, 0.29) is 0 Å². The van der Waals surface area contributed by atoms with E-state index < -0.39 is 0 Å². The Morgan fingerprint density at radius 2 is 1.47 bits per heavy atom. The molecule has 0 unspecified atom stereocenters. The molecule has 0 radical (unpaired) electrons. The number of hydrogen-bond acceptors (Lipinski definition) is 2. The van der Waals surface area contributed by atoms with Crippen LogP contribution in [0.25, 0.3) is 10.9 Å². The molecule has 1 aromatic heterocycles. The van der Waals surface area contributed by atoms with Crippen LogP contribution in [0.4, 0.5) is 0 Å². The van der Waals surface area contributed by atoms with Crippen LogP contribution < -0.4 is 0 Å². The molecule has 0 fully saturated rings. The summed E-state index contributed by atoms with van der Waals surface area (Å²) in [6.45, 7) is 10.2. The summed E-state index contributed by atoms with van der Waals surface area (Å²) in [5.74, 6) is 0. The number of aryl methyl sites for hydroxylation is 3. The fraction of sp³-hybridized carbons (Fsp3) is 0.385. The quantitative estimate of drug-likeness (QED) is 0.652. The Labute approximate surface area is 91.4 Å². The van der Waals surface area contributed by atoms with Gasteiger partial charge in [-0.2, -0.15) is 0 Å². The number of fused-ring (bicyclic) bond motifs is 1. The van der Waals surface area contributed by atoms with Crippen molar-refractivity contribution in [2.24, 2.45) is 0 Å². The summed E-state index contributed by atoms with van der Waals surface area (Å²) in [6, 6.07) is 4.26. The highest BCUT2D eigenvalue weighted by molar-refractivity contribution is 5.82. The average molecular weight is 202 g/mol. The maximum absolute atomic E-state index is 4.23. The molecular formula is C13H18N2. The van der Waals surface area contributed by atoms with Gasteiger partial charge in [-0.25, -0.2) is 9.97 Å². The summed E-state index contributed by atoms with van der Waals surface area (Å²) in [5.41, 5.74) is 4.67. The molecule has 0 aliphatic rings. The van der Waals surface area contributed by atoms with Crippen LogP contribution in [-0.2, 0) is 0 Å². The lowest BCUT2D eigenvalue weighted by Gasteiger charge is -2.04. The zero-order valence-corrected chi connectivity index (χ0v) is 10.1. The first-order valence-corrected chi connectivity index (χ1v) is 5.37. The molecule has 15 heavy (non-hydrogen) atoms. The van der Waals surface area contributed by atoms with Crippen molar-refractivity contribution < 1.29 is 0 Å². The van der Waals surface area contributed by atoms with Crippen molar-refractivity contribution in [3.63, 3.8) is 0 Å². The van der Waals surface area contributed by atoms with Crippen LogP contribution in [0.3, 0.4) is 0 Å². The first kappa shape index (κ1) is 11.6. The Bertz CT molecular complexity index is 461. The molecule has 0 bridgehead atoms. The van der Waals surface area contributed by atoms with Crippen LogP contribution in [0.2, 0.25) is 0 Å². The number of rotatable bonds is 0. The third kappa shape index (κ3) is 2.32. The highest BCUT2D eigenvalue weighted by Crippen LogP contribution is 2.18. The molecule has 0 saturated heterocycles. The van der Waals surface area contributed by atoms with E-state index in [9.17, 15) is 0 Å². The highest BCUT2D eigenvalue weighted by atomic mass is 14.8. The monoisotopic (exact) mass is 202 g/mol. The van der Waals surface area contributed by atoms with Crippen molar-refractivity contribution in [2.45, 2.75) is 34.6 Å². The van der Waals surface area contributed by atoms with Crippen molar-refractivity contribution in [3.8, 4) is 0 Å². The summed E-state index contributed by atoms with van der Waals surface area (Å²) in [5, 5.41) is 1.16. The first-order valence-electron chi connectivity index (χ1n) is 5.37. The molecule has 0 atom stereocenters. The van der Waals surface area contributed by atoms with Crippen molar-refractivity contribution >= 4 is 10.9 Å². The zero-order valence-electron chi connectivity index (χ0n) is 10.1. The second-order valence-electron chi connectivity index (χ2n) is 3.41. The Kier molecular flexibility index (Phi) is 3.78. The minimum Gasteiger partial charge on any atom is -0.241 e. The first-order chi connectivity index (χ1) is 7.18. The largest absolute Gasteiger partial charge is 0.241 e. The topological polar surface area (TPSA) is 25.8 Å². The van der Waals surface area contributed by atoms with Gasteiger partial charge < -0.3 is 0 Å². The van der Waals surface area contributed by atoms with E-state index in [2.05, 4.69) is 35.9 Å².